The van der Waals surface area contributed by atoms with E-state index in [-0.39, 0.29) is 24.1 Å². The fourth-order valence-electron chi connectivity index (χ4n) is 1.84. The van der Waals surface area contributed by atoms with E-state index in [1.54, 1.807) is 6.20 Å². The fourth-order valence-corrected chi connectivity index (χ4v) is 1.84. The number of hydrogen-bond donors (Lipinski definition) is 3. The number of nitrogens with one attached hydrogen (secondary N) is 2. The molecule has 1 aliphatic carbocycles. The van der Waals surface area contributed by atoms with Crippen LogP contribution in [0.3, 0.4) is 0 Å². The Balaban J connectivity index is 1.91. The highest BCUT2D eigenvalue weighted by atomic mass is 16.5. The van der Waals surface area contributed by atoms with Crippen molar-refractivity contribution in [2.24, 2.45) is 5.73 Å². The van der Waals surface area contributed by atoms with Gasteiger partial charge in [0.05, 0.1) is 23.9 Å². The molecule has 0 spiro atoms. The van der Waals surface area contributed by atoms with Gasteiger partial charge < -0.3 is 15.8 Å². The number of aromatic amines is 1. The lowest BCUT2D eigenvalue weighted by atomic mass is 9.83. The van der Waals surface area contributed by atoms with Gasteiger partial charge in [-0.15, -0.1) is 0 Å². The van der Waals surface area contributed by atoms with E-state index in [1.807, 2.05) is 6.92 Å². The zero-order chi connectivity index (χ0) is 11.5. The Labute approximate surface area is 93.5 Å². The molecule has 6 heteroatoms. The lowest BCUT2D eigenvalue weighted by molar-refractivity contribution is -0.0300. The minimum Gasteiger partial charge on any atom is -0.376 e. The Morgan fingerprint density at radius 2 is 2.62 bits per heavy atom. The second-order valence-electron chi connectivity index (χ2n) is 3.88. The summed E-state index contributed by atoms with van der Waals surface area (Å²) in [5, 5.41) is 9.17. The maximum Gasteiger partial charge on any atom is 0.254 e. The van der Waals surface area contributed by atoms with Gasteiger partial charge in [0.2, 0.25) is 0 Å². The van der Waals surface area contributed by atoms with Gasteiger partial charge in [-0.2, -0.15) is 5.10 Å². The summed E-state index contributed by atoms with van der Waals surface area (Å²) in [6.45, 7) is 2.56. The third-order valence-corrected chi connectivity index (χ3v) is 2.81. The number of ether oxygens (including phenoxy) is 1. The van der Waals surface area contributed by atoms with E-state index in [0.29, 0.717) is 12.2 Å². The van der Waals surface area contributed by atoms with E-state index in [9.17, 15) is 4.79 Å². The van der Waals surface area contributed by atoms with Gasteiger partial charge in [0.15, 0.2) is 0 Å². The highest BCUT2D eigenvalue weighted by Gasteiger charge is 2.40. The van der Waals surface area contributed by atoms with Gasteiger partial charge in [0.1, 0.15) is 0 Å². The van der Waals surface area contributed by atoms with Crippen LogP contribution >= 0.6 is 0 Å². The highest BCUT2D eigenvalue weighted by Crippen LogP contribution is 2.22. The minimum atomic E-state index is -0.168. The number of amides is 1. The molecule has 4 N–H and O–H groups in total. The summed E-state index contributed by atoms with van der Waals surface area (Å²) in [4.78, 5) is 11.7. The van der Waals surface area contributed by atoms with Crippen molar-refractivity contribution in [3.63, 3.8) is 0 Å². The summed E-state index contributed by atoms with van der Waals surface area (Å²) >= 11 is 0. The number of hydrogen-bond acceptors (Lipinski definition) is 4. The molecule has 0 radical (unpaired) electrons. The minimum absolute atomic E-state index is 0.0209. The summed E-state index contributed by atoms with van der Waals surface area (Å²) in [5.74, 6) is -0.168. The standard InChI is InChI=1S/C10H16N4O2/c1-2-16-8-3-7(11)9(8)14-10(15)6-4-12-13-5-6/h4-5,7-9H,2-3,11H2,1H3,(H,12,13)(H,14,15). The Hall–Kier alpha value is -1.40. The topological polar surface area (TPSA) is 93.0 Å². The molecule has 0 saturated heterocycles. The van der Waals surface area contributed by atoms with Gasteiger partial charge >= 0.3 is 0 Å². The monoisotopic (exact) mass is 224 g/mol. The van der Waals surface area contributed by atoms with Crippen LogP contribution in [0.25, 0.3) is 0 Å². The van der Waals surface area contributed by atoms with Crippen molar-refractivity contribution in [1.29, 1.82) is 0 Å². The Bertz CT molecular complexity index is 350. The van der Waals surface area contributed by atoms with Crippen LogP contribution in [0.5, 0.6) is 0 Å². The largest absolute Gasteiger partial charge is 0.376 e. The van der Waals surface area contributed by atoms with Crippen molar-refractivity contribution in [1.82, 2.24) is 15.5 Å². The molecule has 3 atom stereocenters. The Morgan fingerprint density at radius 1 is 1.81 bits per heavy atom. The third kappa shape index (κ3) is 2.07. The fraction of sp³-hybridized carbons (Fsp3) is 0.600. The third-order valence-electron chi connectivity index (χ3n) is 2.81. The maximum absolute atomic E-state index is 11.7. The lowest BCUT2D eigenvalue weighted by Crippen LogP contribution is -2.64. The quantitative estimate of drug-likeness (QED) is 0.651. The first-order valence-electron chi connectivity index (χ1n) is 5.39. The van der Waals surface area contributed by atoms with Gasteiger partial charge in [-0.3, -0.25) is 9.89 Å². The molecule has 1 aromatic heterocycles. The van der Waals surface area contributed by atoms with Crippen LogP contribution in [0.2, 0.25) is 0 Å². The average molecular weight is 224 g/mol. The molecule has 3 unspecified atom stereocenters. The first kappa shape index (κ1) is 11.1. The summed E-state index contributed by atoms with van der Waals surface area (Å²) in [6, 6.07) is -0.116. The van der Waals surface area contributed by atoms with E-state index < -0.39 is 0 Å². The zero-order valence-electron chi connectivity index (χ0n) is 9.14. The van der Waals surface area contributed by atoms with Gasteiger partial charge in [-0.1, -0.05) is 0 Å². The smallest absolute Gasteiger partial charge is 0.254 e. The molecule has 16 heavy (non-hydrogen) atoms. The number of H-pyrrole nitrogens is 1. The first-order chi connectivity index (χ1) is 7.72. The second-order valence-corrected chi connectivity index (χ2v) is 3.88. The van der Waals surface area contributed by atoms with Gasteiger partial charge in [-0.05, 0) is 13.3 Å². The molecule has 1 aromatic rings. The van der Waals surface area contributed by atoms with E-state index in [1.165, 1.54) is 6.20 Å². The van der Waals surface area contributed by atoms with E-state index in [2.05, 4.69) is 15.5 Å². The molecular formula is C10H16N4O2. The molecule has 0 aliphatic heterocycles. The highest BCUT2D eigenvalue weighted by molar-refractivity contribution is 5.94. The number of nitrogens with zero attached hydrogens (tertiary/aromatic N) is 1. The van der Waals surface area contributed by atoms with E-state index in [0.717, 1.165) is 6.42 Å². The van der Waals surface area contributed by atoms with E-state index >= 15 is 0 Å². The van der Waals surface area contributed by atoms with Crippen molar-refractivity contribution >= 4 is 5.91 Å². The number of rotatable bonds is 4. The molecular weight excluding hydrogens is 208 g/mol. The molecule has 2 rings (SSSR count). The van der Waals surface area contributed by atoms with Crippen LogP contribution in [0.4, 0.5) is 0 Å². The average Bonchev–Trinajstić information content (AvgIpc) is 2.79. The molecule has 88 valence electrons. The van der Waals surface area contributed by atoms with Crippen LogP contribution in [0.15, 0.2) is 12.4 Å². The molecule has 1 aliphatic rings. The predicted molar refractivity (Wildman–Crippen MR) is 57.8 cm³/mol. The molecule has 1 saturated carbocycles. The van der Waals surface area contributed by atoms with Crippen LogP contribution < -0.4 is 11.1 Å². The maximum atomic E-state index is 11.7. The molecule has 0 bridgehead atoms. The Kier molecular flexibility index (Phi) is 3.21. The summed E-state index contributed by atoms with van der Waals surface area (Å²) in [6.07, 6.45) is 3.87. The van der Waals surface area contributed by atoms with Crippen molar-refractivity contribution in [3.8, 4) is 0 Å². The van der Waals surface area contributed by atoms with Gasteiger partial charge in [-0.25, -0.2) is 0 Å². The second kappa shape index (κ2) is 4.63. The lowest BCUT2D eigenvalue weighted by Gasteiger charge is -2.42. The van der Waals surface area contributed by atoms with Gasteiger partial charge in [0.25, 0.3) is 5.91 Å². The molecule has 1 fully saturated rings. The molecule has 0 aromatic carbocycles. The van der Waals surface area contributed by atoms with Gasteiger partial charge in [0, 0.05) is 18.8 Å². The zero-order valence-corrected chi connectivity index (χ0v) is 9.14. The van der Waals surface area contributed by atoms with Crippen LogP contribution in [-0.4, -0.2) is 40.9 Å². The summed E-state index contributed by atoms with van der Waals surface area (Å²) < 4.78 is 5.46. The normalized spacial score (nSPS) is 28.5. The summed E-state index contributed by atoms with van der Waals surface area (Å²) in [5.41, 5.74) is 6.34. The Morgan fingerprint density at radius 3 is 3.19 bits per heavy atom. The van der Waals surface area contributed by atoms with Crippen molar-refractivity contribution in [3.05, 3.63) is 18.0 Å². The summed E-state index contributed by atoms with van der Waals surface area (Å²) in [7, 11) is 0. The van der Waals surface area contributed by atoms with Crippen LogP contribution in [-0.2, 0) is 4.74 Å². The SMILES string of the molecule is CCOC1CC(N)C1NC(=O)c1cn[nH]c1. The predicted octanol–water partition coefficient (Wildman–Crippen LogP) is -0.356. The van der Waals surface area contributed by atoms with E-state index in [4.69, 9.17) is 10.5 Å². The first-order valence-corrected chi connectivity index (χ1v) is 5.39. The van der Waals surface area contributed by atoms with Crippen molar-refractivity contribution in [2.45, 2.75) is 31.5 Å². The number of carbonyl (C=O) groups excluding carboxylic acids is 1. The molecule has 6 nitrogen and oxygen atoms in total. The van der Waals surface area contributed by atoms with Crippen molar-refractivity contribution < 1.29 is 9.53 Å². The number of nitrogens with two attached hydrogens (primary N) is 1. The molecule has 1 heterocycles. The molecule has 1 amide bonds. The van der Waals surface area contributed by atoms with Crippen LogP contribution in [0, 0.1) is 0 Å². The van der Waals surface area contributed by atoms with Crippen LogP contribution in [0.1, 0.15) is 23.7 Å². The number of carbonyl (C=O) groups is 1. The number of aromatic nitrogens is 2. The van der Waals surface area contributed by atoms with Crippen molar-refractivity contribution in [2.75, 3.05) is 6.61 Å².